The third kappa shape index (κ3) is 2.06. The van der Waals surface area contributed by atoms with E-state index in [0.717, 1.165) is 5.39 Å². The topological polar surface area (TPSA) is 50.1 Å². The summed E-state index contributed by atoms with van der Waals surface area (Å²) < 4.78 is 13.7. The van der Waals surface area contributed by atoms with Crippen molar-refractivity contribution in [1.82, 2.24) is 10.2 Å². The number of Topliss-reactive ketones (excluding diaryl/α,β-unsaturated/α-hetero) is 1. The van der Waals surface area contributed by atoms with Gasteiger partial charge in [-0.2, -0.15) is 5.10 Å². The first-order valence-corrected chi connectivity index (χ1v) is 4.84. The maximum absolute atomic E-state index is 13.7. The minimum absolute atomic E-state index is 0.0910. The lowest BCUT2D eigenvalue weighted by Crippen LogP contribution is -1.92. The monoisotopic (exact) mass is 229 g/mol. The van der Waals surface area contributed by atoms with Gasteiger partial charge in [0.05, 0.1) is 18.3 Å². The summed E-state index contributed by atoms with van der Waals surface area (Å²) in [6, 6.07) is 2.83. The molecule has 0 saturated carbocycles. The van der Waals surface area contributed by atoms with Crippen molar-refractivity contribution in [2.45, 2.75) is 6.92 Å². The van der Waals surface area contributed by atoms with E-state index in [1.165, 1.54) is 19.1 Å². The molecule has 1 aromatic heterocycles. The van der Waals surface area contributed by atoms with E-state index in [1.54, 1.807) is 12.3 Å². The van der Waals surface area contributed by atoms with E-state index in [-0.39, 0.29) is 17.0 Å². The van der Waals surface area contributed by atoms with Gasteiger partial charge in [-0.05, 0) is 19.1 Å². The van der Waals surface area contributed by atoms with Gasteiger partial charge in [0.25, 0.3) is 0 Å². The van der Waals surface area contributed by atoms with E-state index < -0.39 is 5.82 Å². The van der Waals surface area contributed by atoms with Crippen LogP contribution in [-0.2, 0) is 4.79 Å². The Bertz CT molecular complexity index is 664. The largest absolute Gasteiger partial charge is 0.308 e. The Morgan fingerprint density at radius 1 is 1.59 bits per heavy atom. The van der Waals surface area contributed by atoms with Crippen LogP contribution < -0.4 is 0 Å². The molecule has 2 rings (SSSR count). The van der Waals surface area contributed by atoms with Crippen LogP contribution in [0.4, 0.5) is 4.39 Å². The number of benzene rings is 1. The molecule has 17 heavy (non-hydrogen) atoms. The summed E-state index contributed by atoms with van der Waals surface area (Å²) in [4.78, 5) is 14.1. The van der Waals surface area contributed by atoms with Crippen LogP contribution in [0.15, 0.2) is 24.0 Å². The van der Waals surface area contributed by atoms with Gasteiger partial charge < -0.3 is 4.79 Å². The zero-order chi connectivity index (χ0) is 12.4. The molecule has 0 atom stereocenters. The number of allylic oxidation sites excluding steroid dienone is 1. The summed E-state index contributed by atoms with van der Waals surface area (Å²) in [5.74, 6) is -0.879. The molecule has 0 unspecified atom stereocenters. The van der Waals surface area contributed by atoms with Crippen LogP contribution in [0.25, 0.3) is 21.8 Å². The number of carbonyl (C=O) groups excluding carboxylic acids is 1. The van der Waals surface area contributed by atoms with Crippen LogP contribution in [0.3, 0.4) is 0 Å². The molecule has 1 heterocycles. The first kappa shape index (κ1) is 11.0. The van der Waals surface area contributed by atoms with E-state index in [1.807, 2.05) is 0 Å². The summed E-state index contributed by atoms with van der Waals surface area (Å²) in [6.07, 6.45) is 2.80. The number of ketones is 1. The van der Waals surface area contributed by atoms with Crippen molar-refractivity contribution in [2.24, 2.45) is 0 Å². The SMILES string of the molecule is [C-]#[N+]/C(=C\c1cc2cn[nH]c2cc1F)C(C)=O. The van der Waals surface area contributed by atoms with Gasteiger partial charge in [-0.3, -0.25) is 5.10 Å². The standard InChI is InChI=1S/C12H8FN3O/c1-7(17)11(14-2)4-8-3-9-6-15-16-12(9)5-10(8)13/h3-6H,1H3,(H,15,16)/b11-4-. The molecule has 0 aliphatic heterocycles. The summed E-state index contributed by atoms with van der Waals surface area (Å²) >= 11 is 0. The minimum atomic E-state index is -0.496. The first-order chi connectivity index (χ1) is 8.11. The lowest BCUT2D eigenvalue weighted by atomic mass is 10.1. The van der Waals surface area contributed by atoms with E-state index in [4.69, 9.17) is 6.57 Å². The molecule has 2 aromatic rings. The maximum atomic E-state index is 13.7. The lowest BCUT2D eigenvalue weighted by Gasteiger charge is -1.98. The number of carbonyl (C=O) groups is 1. The number of hydrogen-bond acceptors (Lipinski definition) is 2. The summed E-state index contributed by atoms with van der Waals surface area (Å²) in [5.41, 5.74) is 0.693. The smallest absolute Gasteiger partial charge is 0.229 e. The van der Waals surface area contributed by atoms with Gasteiger partial charge in [0.1, 0.15) is 5.82 Å². The molecular formula is C12H8FN3O. The highest BCUT2D eigenvalue weighted by Crippen LogP contribution is 2.19. The number of halogens is 1. The van der Waals surface area contributed by atoms with Gasteiger partial charge in [-0.1, -0.05) is 0 Å². The number of fused-ring (bicyclic) bond motifs is 1. The Hall–Kier alpha value is -2.48. The van der Waals surface area contributed by atoms with Gasteiger partial charge in [0.2, 0.25) is 5.70 Å². The average molecular weight is 229 g/mol. The highest BCUT2D eigenvalue weighted by molar-refractivity contribution is 6.00. The Morgan fingerprint density at radius 2 is 2.35 bits per heavy atom. The number of rotatable bonds is 2. The zero-order valence-corrected chi connectivity index (χ0v) is 8.99. The normalized spacial score (nSPS) is 11.5. The second-order valence-electron chi connectivity index (χ2n) is 3.53. The Labute approximate surface area is 96.6 Å². The van der Waals surface area contributed by atoms with Crippen LogP contribution in [0.2, 0.25) is 0 Å². The molecule has 1 N–H and O–H groups in total. The molecule has 0 amide bonds. The Kier molecular flexibility index (Phi) is 2.71. The van der Waals surface area contributed by atoms with Crippen molar-refractivity contribution in [3.05, 3.63) is 46.8 Å². The molecular weight excluding hydrogens is 221 g/mol. The molecule has 0 fully saturated rings. The average Bonchev–Trinajstić information content (AvgIpc) is 2.72. The van der Waals surface area contributed by atoms with Crippen molar-refractivity contribution in [3.8, 4) is 0 Å². The van der Waals surface area contributed by atoms with Gasteiger partial charge in [-0.25, -0.2) is 9.24 Å². The van der Waals surface area contributed by atoms with E-state index in [9.17, 15) is 9.18 Å². The molecule has 0 saturated heterocycles. The quantitative estimate of drug-likeness (QED) is 0.635. The van der Waals surface area contributed by atoms with E-state index in [0.29, 0.717) is 5.52 Å². The third-order valence-electron chi connectivity index (χ3n) is 2.33. The van der Waals surface area contributed by atoms with Crippen LogP contribution in [0.1, 0.15) is 12.5 Å². The highest BCUT2D eigenvalue weighted by atomic mass is 19.1. The van der Waals surface area contributed by atoms with Crippen molar-refractivity contribution < 1.29 is 9.18 Å². The van der Waals surface area contributed by atoms with E-state index >= 15 is 0 Å². The van der Waals surface area contributed by atoms with E-state index in [2.05, 4.69) is 15.0 Å². The maximum Gasteiger partial charge on any atom is 0.229 e. The predicted molar refractivity (Wildman–Crippen MR) is 61.3 cm³/mol. The fourth-order valence-corrected chi connectivity index (χ4v) is 1.45. The van der Waals surface area contributed by atoms with Crippen LogP contribution in [-0.4, -0.2) is 16.0 Å². The molecule has 5 heteroatoms. The minimum Gasteiger partial charge on any atom is -0.308 e. The number of H-pyrrole nitrogens is 1. The second-order valence-corrected chi connectivity index (χ2v) is 3.53. The van der Waals surface area contributed by atoms with Gasteiger partial charge in [-0.15, -0.1) is 0 Å². The molecule has 0 aliphatic rings. The molecule has 84 valence electrons. The number of hydrogen-bond donors (Lipinski definition) is 1. The van der Waals surface area contributed by atoms with Crippen molar-refractivity contribution in [2.75, 3.05) is 0 Å². The number of nitrogens with zero attached hydrogens (tertiary/aromatic N) is 2. The van der Waals surface area contributed by atoms with Gasteiger partial charge in [0.15, 0.2) is 5.78 Å². The van der Waals surface area contributed by atoms with Crippen molar-refractivity contribution in [3.63, 3.8) is 0 Å². The Balaban J connectivity index is 2.59. The molecule has 0 bridgehead atoms. The van der Waals surface area contributed by atoms with Gasteiger partial charge >= 0.3 is 0 Å². The first-order valence-electron chi connectivity index (χ1n) is 4.84. The molecule has 0 spiro atoms. The fourth-order valence-electron chi connectivity index (χ4n) is 1.45. The number of nitrogens with one attached hydrogen (secondary N) is 1. The molecule has 1 aromatic carbocycles. The lowest BCUT2D eigenvalue weighted by molar-refractivity contribution is -0.113. The highest BCUT2D eigenvalue weighted by Gasteiger charge is 2.08. The third-order valence-corrected chi connectivity index (χ3v) is 2.33. The molecule has 0 aliphatic carbocycles. The van der Waals surface area contributed by atoms with Crippen LogP contribution in [0, 0.1) is 12.4 Å². The Morgan fingerprint density at radius 3 is 3.00 bits per heavy atom. The fraction of sp³-hybridized carbons (Fsp3) is 0.0833. The summed E-state index contributed by atoms with van der Waals surface area (Å²) in [6.45, 7) is 8.11. The van der Waals surface area contributed by atoms with Crippen LogP contribution in [0.5, 0.6) is 0 Å². The number of aromatic nitrogens is 2. The zero-order valence-electron chi connectivity index (χ0n) is 8.99. The van der Waals surface area contributed by atoms with Crippen molar-refractivity contribution >= 4 is 22.8 Å². The van der Waals surface area contributed by atoms with Crippen LogP contribution >= 0.6 is 0 Å². The molecule has 0 radical (unpaired) electrons. The summed E-state index contributed by atoms with van der Waals surface area (Å²) in [5, 5.41) is 7.15. The number of aromatic amines is 1. The second kappa shape index (κ2) is 4.18. The summed E-state index contributed by atoms with van der Waals surface area (Å²) in [7, 11) is 0. The molecule has 4 nitrogen and oxygen atoms in total. The van der Waals surface area contributed by atoms with Crippen molar-refractivity contribution in [1.29, 1.82) is 0 Å². The predicted octanol–water partition coefficient (Wildman–Crippen LogP) is 2.55. The van der Waals surface area contributed by atoms with Gasteiger partial charge in [0, 0.05) is 17.0 Å².